The van der Waals surface area contributed by atoms with Crippen LogP contribution >= 0.6 is 0 Å². The van der Waals surface area contributed by atoms with E-state index in [-0.39, 0.29) is 0 Å². The van der Waals surface area contributed by atoms with E-state index in [1.165, 1.54) is 89.9 Å². The molecule has 0 fully saturated rings. The van der Waals surface area contributed by atoms with Gasteiger partial charge in [-0.2, -0.15) is 0 Å². The Hall–Kier alpha value is -1.32. The van der Waals surface area contributed by atoms with Crippen molar-refractivity contribution in [1.29, 1.82) is 0 Å². The van der Waals surface area contributed by atoms with Gasteiger partial charge in [0.2, 0.25) is 0 Å². The Bertz CT molecular complexity index is 369. The summed E-state index contributed by atoms with van der Waals surface area (Å²) in [6, 6.07) is 0. The Morgan fingerprint density at radius 2 is 1.00 bits per heavy atom. The van der Waals surface area contributed by atoms with Gasteiger partial charge < -0.3 is 10.6 Å². The van der Waals surface area contributed by atoms with Gasteiger partial charge in [0.25, 0.3) is 0 Å². The first-order valence-corrected chi connectivity index (χ1v) is 11.4. The summed E-state index contributed by atoms with van der Waals surface area (Å²) in [4.78, 5) is 22.8. The molecular weight excluding hydrogens is 336 g/mol. The van der Waals surface area contributed by atoms with Crippen molar-refractivity contribution < 1.29 is 9.59 Å². The van der Waals surface area contributed by atoms with Gasteiger partial charge in [0.05, 0.1) is 0 Å². The zero-order valence-corrected chi connectivity index (χ0v) is 17.8. The van der Waals surface area contributed by atoms with Crippen LogP contribution in [-0.4, -0.2) is 24.9 Å². The molecule has 4 nitrogen and oxygen atoms in total. The van der Waals surface area contributed by atoms with Crippen molar-refractivity contribution in [2.75, 3.05) is 13.1 Å². The maximum Gasteiger partial charge on any atom is 0.309 e. The number of carbonyl (C=O) groups is 2. The summed E-state index contributed by atoms with van der Waals surface area (Å²) in [5.74, 6) is -1.12. The Labute approximate surface area is 168 Å². The summed E-state index contributed by atoms with van der Waals surface area (Å²) in [6.07, 6.45) is 22.9. The molecule has 0 aromatic rings. The Kier molecular flexibility index (Phi) is 20.0. The fourth-order valence-electron chi connectivity index (χ4n) is 3.20. The molecule has 0 saturated carbocycles. The van der Waals surface area contributed by atoms with Crippen LogP contribution in [0.5, 0.6) is 0 Å². The van der Waals surface area contributed by atoms with Crippen molar-refractivity contribution in [2.45, 2.75) is 110 Å². The van der Waals surface area contributed by atoms with Crippen molar-refractivity contribution in [3.05, 3.63) is 12.7 Å². The third-order valence-corrected chi connectivity index (χ3v) is 4.93. The van der Waals surface area contributed by atoms with E-state index in [1.807, 2.05) is 0 Å². The second kappa shape index (κ2) is 21.0. The summed E-state index contributed by atoms with van der Waals surface area (Å²) in [7, 11) is 0. The van der Waals surface area contributed by atoms with Gasteiger partial charge >= 0.3 is 11.8 Å². The van der Waals surface area contributed by atoms with Crippen molar-refractivity contribution >= 4 is 11.8 Å². The van der Waals surface area contributed by atoms with Crippen LogP contribution in [0, 0.1) is 0 Å². The summed E-state index contributed by atoms with van der Waals surface area (Å²) in [6.45, 7) is 6.67. The highest BCUT2D eigenvalue weighted by Gasteiger charge is 2.10. The highest BCUT2D eigenvalue weighted by Crippen LogP contribution is 2.13. The standard InChI is InChI=1S/C23H44N2O2/c1-3-5-6-7-8-9-10-11-12-13-14-15-16-17-18-19-21-25-23(27)22(26)24-20-4-2/h4H,2-3,5-21H2,1H3,(H,24,26)(H,25,27). The predicted molar refractivity (Wildman–Crippen MR) is 116 cm³/mol. The molecule has 0 radical (unpaired) electrons. The van der Waals surface area contributed by atoms with Crippen molar-refractivity contribution in [3.8, 4) is 0 Å². The normalized spacial score (nSPS) is 10.6. The summed E-state index contributed by atoms with van der Waals surface area (Å²) < 4.78 is 0. The van der Waals surface area contributed by atoms with Crippen LogP contribution in [0.2, 0.25) is 0 Å². The molecule has 0 unspecified atom stereocenters. The van der Waals surface area contributed by atoms with E-state index in [9.17, 15) is 9.59 Å². The van der Waals surface area contributed by atoms with E-state index in [0.717, 1.165) is 12.8 Å². The zero-order chi connectivity index (χ0) is 20.0. The number of amides is 2. The molecule has 0 spiro atoms. The molecule has 0 aromatic carbocycles. The summed E-state index contributed by atoms with van der Waals surface area (Å²) in [5.41, 5.74) is 0. The van der Waals surface area contributed by atoms with E-state index in [0.29, 0.717) is 13.1 Å². The number of hydrogen-bond acceptors (Lipinski definition) is 2. The van der Waals surface area contributed by atoms with Crippen LogP contribution in [0.4, 0.5) is 0 Å². The number of nitrogens with one attached hydrogen (secondary N) is 2. The van der Waals surface area contributed by atoms with Crippen molar-refractivity contribution in [1.82, 2.24) is 10.6 Å². The smallest absolute Gasteiger partial charge is 0.309 e. The zero-order valence-electron chi connectivity index (χ0n) is 17.8. The van der Waals surface area contributed by atoms with E-state index in [2.05, 4.69) is 24.1 Å². The molecular formula is C23H44N2O2. The predicted octanol–water partition coefficient (Wildman–Crippen LogP) is 5.67. The fraction of sp³-hybridized carbons (Fsp3) is 0.826. The molecule has 2 amide bonds. The molecule has 0 heterocycles. The molecule has 0 aliphatic carbocycles. The lowest BCUT2D eigenvalue weighted by Crippen LogP contribution is -2.40. The van der Waals surface area contributed by atoms with Crippen LogP contribution in [0.25, 0.3) is 0 Å². The second-order valence-electron chi connectivity index (χ2n) is 7.56. The lowest BCUT2D eigenvalue weighted by molar-refractivity contribution is -0.139. The van der Waals surface area contributed by atoms with Gasteiger partial charge in [-0.1, -0.05) is 109 Å². The number of hydrogen-bond donors (Lipinski definition) is 2. The molecule has 0 aliphatic heterocycles. The monoisotopic (exact) mass is 380 g/mol. The fourth-order valence-corrected chi connectivity index (χ4v) is 3.20. The molecule has 0 saturated heterocycles. The van der Waals surface area contributed by atoms with Crippen molar-refractivity contribution in [2.24, 2.45) is 0 Å². The topological polar surface area (TPSA) is 58.2 Å². The molecule has 27 heavy (non-hydrogen) atoms. The maximum atomic E-state index is 11.5. The lowest BCUT2D eigenvalue weighted by Gasteiger charge is -2.05. The van der Waals surface area contributed by atoms with E-state index < -0.39 is 11.8 Å². The van der Waals surface area contributed by atoms with Crippen LogP contribution in [0.3, 0.4) is 0 Å². The molecule has 0 aliphatic rings. The van der Waals surface area contributed by atoms with Gasteiger partial charge in [0.1, 0.15) is 0 Å². The summed E-state index contributed by atoms with van der Waals surface area (Å²) >= 11 is 0. The largest absolute Gasteiger partial charge is 0.348 e. The first-order chi connectivity index (χ1) is 13.2. The van der Waals surface area contributed by atoms with Crippen LogP contribution in [-0.2, 0) is 9.59 Å². The Balaban J connectivity index is 3.17. The van der Waals surface area contributed by atoms with Crippen LogP contribution < -0.4 is 10.6 Å². The quantitative estimate of drug-likeness (QED) is 0.172. The first kappa shape index (κ1) is 25.7. The van der Waals surface area contributed by atoms with E-state index in [4.69, 9.17) is 0 Å². The molecule has 0 atom stereocenters. The van der Waals surface area contributed by atoms with Gasteiger partial charge in [-0.25, -0.2) is 0 Å². The summed E-state index contributed by atoms with van der Waals surface area (Å²) in [5, 5.41) is 5.13. The third-order valence-electron chi connectivity index (χ3n) is 4.93. The first-order valence-electron chi connectivity index (χ1n) is 11.4. The van der Waals surface area contributed by atoms with E-state index >= 15 is 0 Å². The molecule has 158 valence electrons. The second-order valence-corrected chi connectivity index (χ2v) is 7.56. The molecule has 0 rings (SSSR count). The average molecular weight is 381 g/mol. The highest BCUT2D eigenvalue weighted by molar-refractivity contribution is 6.35. The number of carbonyl (C=O) groups excluding carboxylic acids is 2. The number of rotatable bonds is 19. The Morgan fingerprint density at radius 1 is 0.630 bits per heavy atom. The van der Waals surface area contributed by atoms with Gasteiger partial charge in [0, 0.05) is 13.1 Å². The highest BCUT2D eigenvalue weighted by atomic mass is 16.2. The van der Waals surface area contributed by atoms with Crippen LogP contribution in [0.15, 0.2) is 12.7 Å². The van der Waals surface area contributed by atoms with Crippen molar-refractivity contribution in [3.63, 3.8) is 0 Å². The minimum atomic E-state index is -0.577. The van der Waals surface area contributed by atoms with Gasteiger partial charge in [-0.15, -0.1) is 6.58 Å². The molecule has 4 heteroatoms. The SMILES string of the molecule is C=CCNC(=O)C(=O)NCCCCCCCCCCCCCCCCCC. The molecule has 0 aromatic heterocycles. The van der Waals surface area contributed by atoms with E-state index in [1.54, 1.807) is 6.08 Å². The molecule has 0 bridgehead atoms. The Morgan fingerprint density at radius 3 is 1.41 bits per heavy atom. The molecule has 2 N–H and O–H groups in total. The van der Waals surface area contributed by atoms with Gasteiger partial charge in [-0.3, -0.25) is 9.59 Å². The third kappa shape index (κ3) is 19.3. The van der Waals surface area contributed by atoms with Gasteiger partial charge in [0.15, 0.2) is 0 Å². The van der Waals surface area contributed by atoms with Crippen LogP contribution in [0.1, 0.15) is 110 Å². The minimum Gasteiger partial charge on any atom is -0.348 e. The average Bonchev–Trinajstić information content (AvgIpc) is 2.68. The lowest BCUT2D eigenvalue weighted by atomic mass is 10.0. The van der Waals surface area contributed by atoms with Gasteiger partial charge in [-0.05, 0) is 6.42 Å². The minimum absolute atomic E-state index is 0.325. The maximum absolute atomic E-state index is 11.5. The number of unbranched alkanes of at least 4 members (excludes halogenated alkanes) is 15.